The zero-order valence-electron chi connectivity index (χ0n) is 7.77. The summed E-state index contributed by atoms with van der Waals surface area (Å²) >= 11 is 0. The maximum atomic E-state index is 11.1. The fourth-order valence-corrected chi connectivity index (χ4v) is 1.05. The van der Waals surface area contributed by atoms with Crippen molar-refractivity contribution in [1.82, 2.24) is 0 Å². The molecule has 1 rings (SSSR count). The summed E-state index contributed by atoms with van der Waals surface area (Å²) in [4.78, 5) is 11.1. The number of rotatable bonds is 3. The van der Waals surface area contributed by atoms with Crippen LogP contribution >= 0.6 is 0 Å². The highest BCUT2D eigenvalue weighted by Gasteiger charge is 2.32. The van der Waals surface area contributed by atoms with Gasteiger partial charge in [0.05, 0.1) is 12.7 Å². The number of esters is 1. The standard InChI is InChI=1S/C8H12O5/c1-10-6-4-5(7(9)11-2)8(12-3)13-6/h4,6,8H,1-3H3. The summed E-state index contributed by atoms with van der Waals surface area (Å²) in [5.74, 6) is -0.466. The summed E-state index contributed by atoms with van der Waals surface area (Å²) < 4.78 is 19.5. The highest BCUT2D eigenvalue weighted by atomic mass is 16.8. The minimum atomic E-state index is -0.697. The Labute approximate surface area is 76.2 Å². The van der Waals surface area contributed by atoms with Crippen LogP contribution in [0.1, 0.15) is 0 Å². The Morgan fingerprint density at radius 1 is 1.38 bits per heavy atom. The van der Waals surface area contributed by atoms with Gasteiger partial charge in [-0.2, -0.15) is 0 Å². The minimum absolute atomic E-state index is 0.330. The second-order valence-electron chi connectivity index (χ2n) is 2.42. The first-order valence-electron chi connectivity index (χ1n) is 3.74. The molecule has 13 heavy (non-hydrogen) atoms. The van der Waals surface area contributed by atoms with Crippen molar-refractivity contribution in [3.63, 3.8) is 0 Å². The van der Waals surface area contributed by atoms with Gasteiger partial charge in [-0.15, -0.1) is 0 Å². The normalized spacial score (nSPS) is 27.2. The summed E-state index contributed by atoms with van der Waals surface area (Å²) in [6, 6.07) is 0. The van der Waals surface area contributed by atoms with Crippen LogP contribution < -0.4 is 0 Å². The van der Waals surface area contributed by atoms with E-state index in [4.69, 9.17) is 14.2 Å². The van der Waals surface area contributed by atoms with E-state index in [1.807, 2.05) is 0 Å². The Morgan fingerprint density at radius 2 is 2.08 bits per heavy atom. The van der Waals surface area contributed by atoms with Gasteiger partial charge < -0.3 is 18.9 Å². The Kier molecular flexibility index (Phi) is 3.41. The van der Waals surface area contributed by atoms with Crippen molar-refractivity contribution < 1.29 is 23.7 Å². The molecular weight excluding hydrogens is 176 g/mol. The van der Waals surface area contributed by atoms with Crippen molar-refractivity contribution in [2.45, 2.75) is 12.6 Å². The molecule has 0 saturated carbocycles. The number of ether oxygens (including phenoxy) is 4. The van der Waals surface area contributed by atoms with E-state index in [2.05, 4.69) is 4.74 Å². The second-order valence-corrected chi connectivity index (χ2v) is 2.42. The van der Waals surface area contributed by atoms with Crippen molar-refractivity contribution in [3.8, 4) is 0 Å². The molecule has 0 radical (unpaired) electrons. The Hall–Kier alpha value is -0.910. The highest BCUT2D eigenvalue weighted by molar-refractivity contribution is 5.89. The zero-order chi connectivity index (χ0) is 9.84. The molecule has 0 amide bonds. The van der Waals surface area contributed by atoms with E-state index in [-0.39, 0.29) is 0 Å². The number of methoxy groups -OCH3 is 3. The van der Waals surface area contributed by atoms with Crippen LogP contribution in [0.3, 0.4) is 0 Å². The zero-order valence-corrected chi connectivity index (χ0v) is 7.77. The van der Waals surface area contributed by atoms with Gasteiger partial charge in [-0.05, 0) is 6.08 Å². The molecule has 2 atom stereocenters. The van der Waals surface area contributed by atoms with Gasteiger partial charge in [0.2, 0.25) is 0 Å². The Balaban J connectivity index is 2.72. The number of hydrogen-bond acceptors (Lipinski definition) is 5. The lowest BCUT2D eigenvalue weighted by molar-refractivity contribution is -0.180. The van der Waals surface area contributed by atoms with Gasteiger partial charge in [-0.1, -0.05) is 0 Å². The number of carbonyl (C=O) groups is 1. The molecule has 1 heterocycles. The second kappa shape index (κ2) is 4.36. The first-order chi connectivity index (χ1) is 6.22. The molecule has 5 heteroatoms. The topological polar surface area (TPSA) is 54.0 Å². The third-order valence-corrected chi connectivity index (χ3v) is 1.69. The van der Waals surface area contributed by atoms with Gasteiger partial charge in [0.15, 0.2) is 12.6 Å². The molecule has 0 spiro atoms. The third-order valence-electron chi connectivity index (χ3n) is 1.69. The van der Waals surface area contributed by atoms with Crippen LogP contribution in [0.2, 0.25) is 0 Å². The molecule has 1 aliphatic rings. The number of carbonyl (C=O) groups excluding carboxylic acids is 1. The summed E-state index contributed by atoms with van der Waals surface area (Å²) in [5.41, 5.74) is 0.330. The Bertz CT molecular complexity index is 223. The molecule has 1 aliphatic heterocycles. The Morgan fingerprint density at radius 3 is 2.54 bits per heavy atom. The summed E-state index contributed by atoms with van der Waals surface area (Å²) in [6.45, 7) is 0. The average Bonchev–Trinajstić information content (AvgIpc) is 2.59. The molecule has 0 fully saturated rings. The molecule has 0 saturated heterocycles. The molecule has 0 aliphatic carbocycles. The predicted octanol–water partition coefficient (Wildman–Crippen LogP) is 0.0610. The van der Waals surface area contributed by atoms with E-state index < -0.39 is 18.5 Å². The monoisotopic (exact) mass is 188 g/mol. The number of hydrogen-bond donors (Lipinski definition) is 0. The van der Waals surface area contributed by atoms with Crippen LogP contribution in [0.4, 0.5) is 0 Å². The minimum Gasteiger partial charge on any atom is -0.466 e. The average molecular weight is 188 g/mol. The molecule has 2 unspecified atom stereocenters. The van der Waals surface area contributed by atoms with Gasteiger partial charge in [0, 0.05) is 14.2 Å². The molecule has 74 valence electrons. The largest absolute Gasteiger partial charge is 0.466 e. The van der Waals surface area contributed by atoms with Gasteiger partial charge in [-0.25, -0.2) is 4.79 Å². The van der Waals surface area contributed by atoms with E-state index in [1.54, 1.807) is 0 Å². The molecular formula is C8H12O5. The van der Waals surface area contributed by atoms with Crippen molar-refractivity contribution in [3.05, 3.63) is 11.6 Å². The van der Waals surface area contributed by atoms with Crippen molar-refractivity contribution in [2.75, 3.05) is 21.3 Å². The first kappa shape index (κ1) is 10.2. The molecule has 0 N–H and O–H groups in total. The van der Waals surface area contributed by atoms with Crippen LogP contribution in [0.5, 0.6) is 0 Å². The summed E-state index contributed by atoms with van der Waals surface area (Å²) in [5, 5.41) is 0. The molecule has 0 bridgehead atoms. The van der Waals surface area contributed by atoms with Gasteiger partial charge in [0.25, 0.3) is 0 Å². The smallest absolute Gasteiger partial charge is 0.338 e. The van der Waals surface area contributed by atoms with Gasteiger partial charge in [0.1, 0.15) is 0 Å². The SMILES string of the molecule is COC(=O)C1=CC(OC)OC1OC. The van der Waals surface area contributed by atoms with E-state index in [0.717, 1.165) is 0 Å². The van der Waals surface area contributed by atoms with Crippen LogP contribution in [0, 0.1) is 0 Å². The fraction of sp³-hybridized carbons (Fsp3) is 0.625. The lowest BCUT2D eigenvalue weighted by atomic mass is 10.2. The molecule has 0 aromatic rings. The molecule has 0 aromatic heterocycles. The quantitative estimate of drug-likeness (QED) is 0.586. The maximum absolute atomic E-state index is 11.1. The van der Waals surface area contributed by atoms with Gasteiger partial charge >= 0.3 is 5.97 Å². The lowest BCUT2D eigenvalue weighted by Gasteiger charge is -2.12. The van der Waals surface area contributed by atoms with E-state index in [9.17, 15) is 4.79 Å². The van der Waals surface area contributed by atoms with E-state index >= 15 is 0 Å². The van der Waals surface area contributed by atoms with Crippen LogP contribution in [0.25, 0.3) is 0 Å². The van der Waals surface area contributed by atoms with Crippen LogP contribution in [-0.4, -0.2) is 39.9 Å². The molecule has 5 nitrogen and oxygen atoms in total. The molecule has 0 aromatic carbocycles. The van der Waals surface area contributed by atoms with Crippen molar-refractivity contribution in [1.29, 1.82) is 0 Å². The van der Waals surface area contributed by atoms with Crippen LogP contribution in [0.15, 0.2) is 11.6 Å². The van der Waals surface area contributed by atoms with Crippen molar-refractivity contribution in [2.24, 2.45) is 0 Å². The first-order valence-corrected chi connectivity index (χ1v) is 3.74. The predicted molar refractivity (Wildman–Crippen MR) is 42.8 cm³/mol. The highest BCUT2D eigenvalue weighted by Crippen LogP contribution is 2.21. The van der Waals surface area contributed by atoms with Gasteiger partial charge in [-0.3, -0.25) is 0 Å². The van der Waals surface area contributed by atoms with E-state index in [1.165, 1.54) is 27.4 Å². The third kappa shape index (κ3) is 2.06. The fourth-order valence-electron chi connectivity index (χ4n) is 1.05. The van der Waals surface area contributed by atoms with E-state index in [0.29, 0.717) is 5.57 Å². The maximum Gasteiger partial charge on any atom is 0.338 e. The summed E-state index contributed by atoms with van der Waals surface area (Å²) in [7, 11) is 4.23. The van der Waals surface area contributed by atoms with Crippen LogP contribution in [-0.2, 0) is 23.7 Å². The van der Waals surface area contributed by atoms with Crippen molar-refractivity contribution >= 4 is 5.97 Å². The summed E-state index contributed by atoms with van der Waals surface area (Å²) in [6.07, 6.45) is 0.288. The lowest BCUT2D eigenvalue weighted by Crippen LogP contribution is -2.21.